The van der Waals surface area contributed by atoms with Crippen molar-refractivity contribution in [3.05, 3.63) is 35.4 Å². The molecule has 0 aliphatic carbocycles. The molecular formula is C20H29F3N4O3. The second kappa shape index (κ2) is 11.6. The SMILES string of the molecule is CCNC(=NCc1ccc(COCC(F)(F)F)cc1)N1CCN(C(=O)OCC)CC1. The molecule has 2 rings (SSSR count). The van der Waals surface area contributed by atoms with Gasteiger partial charge in [-0.3, -0.25) is 0 Å². The maximum atomic E-state index is 12.1. The lowest BCUT2D eigenvalue weighted by atomic mass is 10.1. The van der Waals surface area contributed by atoms with Crippen LogP contribution in [0.3, 0.4) is 0 Å². The van der Waals surface area contributed by atoms with Gasteiger partial charge in [-0.05, 0) is 25.0 Å². The number of alkyl halides is 3. The van der Waals surface area contributed by atoms with Gasteiger partial charge in [-0.1, -0.05) is 24.3 Å². The highest BCUT2D eigenvalue weighted by Crippen LogP contribution is 2.16. The Morgan fingerprint density at radius 1 is 1.07 bits per heavy atom. The minimum absolute atomic E-state index is 0.0869. The summed E-state index contributed by atoms with van der Waals surface area (Å²) in [5.74, 6) is 0.763. The number of ether oxygens (including phenoxy) is 2. The number of hydrogen-bond acceptors (Lipinski definition) is 4. The molecule has 1 saturated heterocycles. The van der Waals surface area contributed by atoms with Crippen LogP contribution >= 0.6 is 0 Å². The molecule has 7 nitrogen and oxygen atoms in total. The number of benzene rings is 1. The molecule has 1 fully saturated rings. The van der Waals surface area contributed by atoms with Gasteiger partial charge in [-0.2, -0.15) is 13.2 Å². The Kier molecular flexibility index (Phi) is 9.22. The summed E-state index contributed by atoms with van der Waals surface area (Å²) in [6.45, 7) is 6.37. The number of nitrogens with one attached hydrogen (secondary N) is 1. The zero-order valence-corrected chi connectivity index (χ0v) is 17.4. The van der Waals surface area contributed by atoms with E-state index in [-0.39, 0.29) is 12.7 Å². The second-order valence-corrected chi connectivity index (χ2v) is 6.77. The van der Waals surface area contributed by atoms with Gasteiger partial charge in [-0.25, -0.2) is 9.79 Å². The fourth-order valence-corrected chi connectivity index (χ4v) is 2.93. The van der Waals surface area contributed by atoms with Crippen molar-refractivity contribution in [1.82, 2.24) is 15.1 Å². The lowest BCUT2D eigenvalue weighted by Crippen LogP contribution is -2.53. The number of rotatable bonds is 7. The van der Waals surface area contributed by atoms with E-state index >= 15 is 0 Å². The monoisotopic (exact) mass is 430 g/mol. The Hall–Kier alpha value is -2.49. The van der Waals surface area contributed by atoms with E-state index in [1.165, 1.54) is 0 Å². The van der Waals surface area contributed by atoms with Crippen LogP contribution in [0, 0.1) is 0 Å². The van der Waals surface area contributed by atoms with Crippen LogP contribution < -0.4 is 5.32 Å². The lowest BCUT2D eigenvalue weighted by Gasteiger charge is -2.35. The molecule has 1 amide bonds. The van der Waals surface area contributed by atoms with E-state index in [9.17, 15) is 18.0 Å². The summed E-state index contributed by atoms with van der Waals surface area (Å²) in [4.78, 5) is 20.3. The summed E-state index contributed by atoms with van der Waals surface area (Å²) in [6, 6.07) is 7.15. The first-order valence-corrected chi connectivity index (χ1v) is 9.99. The first-order valence-electron chi connectivity index (χ1n) is 9.99. The number of halogens is 3. The van der Waals surface area contributed by atoms with Gasteiger partial charge in [0.25, 0.3) is 0 Å². The van der Waals surface area contributed by atoms with E-state index in [2.05, 4.69) is 19.9 Å². The zero-order valence-electron chi connectivity index (χ0n) is 17.4. The number of carbonyl (C=O) groups is 1. The second-order valence-electron chi connectivity index (χ2n) is 6.77. The average Bonchev–Trinajstić information content (AvgIpc) is 2.71. The molecular weight excluding hydrogens is 401 g/mol. The van der Waals surface area contributed by atoms with Crippen LogP contribution in [0.25, 0.3) is 0 Å². The average molecular weight is 430 g/mol. The minimum Gasteiger partial charge on any atom is -0.450 e. The summed E-state index contributed by atoms with van der Waals surface area (Å²) in [5.41, 5.74) is 1.61. The van der Waals surface area contributed by atoms with E-state index in [0.717, 1.165) is 11.5 Å². The van der Waals surface area contributed by atoms with Gasteiger partial charge >= 0.3 is 12.3 Å². The third-order valence-electron chi connectivity index (χ3n) is 4.41. The van der Waals surface area contributed by atoms with E-state index in [1.54, 1.807) is 24.0 Å². The number of hydrogen-bond donors (Lipinski definition) is 1. The maximum Gasteiger partial charge on any atom is 0.411 e. The number of piperazine rings is 1. The van der Waals surface area contributed by atoms with Crippen molar-refractivity contribution in [1.29, 1.82) is 0 Å². The van der Waals surface area contributed by atoms with Gasteiger partial charge in [0.15, 0.2) is 5.96 Å². The molecule has 0 bridgehead atoms. The molecule has 1 aliphatic rings. The molecule has 0 radical (unpaired) electrons. The standard InChI is InChI=1S/C20H29F3N4O3/c1-3-24-18(26-9-11-27(12-10-26)19(28)30-4-2)25-13-16-5-7-17(8-6-16)14-29-15-20(21,22)23/h5-8H,3-4,9-15H2,1-2H3,(H,24,25). The maximum absolute atomic E-state index is 12.1. The van der Waals surface area contributed by atoms with Gasteiger partial charge in [0, 0.05) is 32.7 Å². The number of carbonyl (C=O) groups excluding carboxylic acids is 1. The minimum atomic E-state index is -4.32. The summed E-state index contributed by atoms with van der Waals surface area (Å²) in [6.07, 6.45) is -4.61. The van der Waals surface area contributed by atoms with Crippen molar-refractivity contribution in [3.63, 3.8) is 0 Å². The summed E-state index contributed by atoms with van der Waals surface area (Å²) in [5, 5.41) is 3.26. The highest BCUT2D eigenvalue weighted by atomic mass is 19.4. The van der Waals surface area contributed by atoms with E-state index in [4.69, 9.17) is 4.74 Å². The fourth-order valence-electron chi connectivity index (χ4n) is 2.93. The number of aliphatic imine (C=N–C) groups is 1. The summed E-state index contributed by atoms with van der Waals surface area (Å²) >= 11 is 0. The van der Waals surface area contributed by atoms with Crippen molar-refractivity contribution in [2.45, 2.75) is 33.2 Å². The van der Waals surface area contributed by atoms with Gasteiger partial charge in [0.1, 0.15) is 6.61 Å². The Balaban J connectivity index is 1.88. The molecule has 1 N–H and O–H groups in total. The number of amides is 1. The van der Waals surface area contributed by atoms with Gasteiger partial charge in [-0.15, -0.1) is 0 Å². The predicted octanol–water partition coefficient (Wildman–Crippen LogP) is 3.01. The van der Waals surface area contributed by atoms with E-state index in [1.807, 2.05) is 19.1 Å². The van der Waals surface area contributed by atoms with Gasteiger partial charge in [0.2, 0.25) is 0 Å². The number of nitrogens with zero attached hydrogens (tertiary/aromatic N) is 3. The van der Waals surface area contributed by atoms with Crippen LogP contribution in [0.5, 0.6) is 0 Å². The van der Waals surface area contributed by atoms with E-state index in [0.29, 0.717) is 51.4 Å². The molecule has 1 aromatic carbocycles. The molecule has 168 valence electrons. The fraction of sp³-hybridized carbons (Fsp3) is 0.600. The first kappa shape index (κ1) is 23.8. The van der Waals surface area contributed by atoms with Gasteiger partial charge in [0.05, 0.1) is 19.8 Å². The van der Waals surface area contributed by atoms with Crippen LogP contribution in [0.4, 0.5) is 18.0 Å². The molecule has 0 saturated carbocycles. The Morgan fingerprint density at radius 3 is 2.23 bits per heavy atom. The molecule has 1 aromatic rings. The first-order chi connectivity index (χ1) is 14.3. The van der Waals surface area contributed by atoms with Crippen LogP contribution in [0.15, 0.2) is 29.3 Å². The highest BCUT2D eigenvalue weighted by molar-refractivity contribution is 5.80. The third-order valence-corrected chi connectivity index (χ3v) is 4.41. The quantitative estimate of drug-likeness (QED) is 0.532. The largest absolute Gasteiger partial charge is 0.450 e. The van der Waals surface area contributed by atoms with E-state index < -0.39 is 12.8 Å². The smallest absolute Gasteiger partial charge is 0.411 e. The molecule has 30 heavy (non-hydrogen) atoms. The van der Waals surface area contributed by atoms with Crippen LogP contribution in [0.2, 0.25) is 0 Å². The molecule has 0 atom stereocenters. The van der Waals surface area contributed by atoms with Crippen molar-refractivity contribution in [2.75, 3.05) is 45.9 Å². The normalized spacial score (nSPS) is 15.3. The predicted molar refractivity (Wildman–Crippen MR) is 107 cm³/mol. The summed E-state index contributed by atoms with van der Waals surface area (Å²) < 4.78 is 46.1. The lowest BCUT2D eigenvalue weighted by molar-refractivity contribution is -0.176. The highest BCUT2D eigenvalue weighted by Gasteiger charge is 2.27. The topological polar surface area (TPSA) is 66.4 Å². The Bertz CT molecular complexity index is 688. The van der Waals surface area contributed by atoms with Crippen molar-refractivity contribution in [2.24, 2.45) is 4.99 Å². The van der Waals surface area contributed by atoms with Crippen molar-refractivity contribution in [3.8, 4) is 0 Å². The van der Waals surface area contributed by atoms with Crippen molar-refractivity contribution < 1.29 is 27.4 Å². The Labute approximate surface area is 174 Å². The van der Waals surface area contributed by atoms with Crippen molar-refractivity contribution >= 4 is 12.1 Å². The zero-order chi connectivity index (χ0) is 22.0. The molecule has 1 aliphatic heterocycles. The molecule has 10 heteroatoms. The number of guanidine groups is 1. The Morgan fingerprint density at radius 2 is 1.67 bits per heavy atom. The van der Waals surface area contributed by atoms with Crippen LogP contribution in [-0.4, -0.2) is 74.0 Å². The summed E-state index contributed by atoms with van der Waals surface area (Å²) in [7, 11) is 0. The molecule has 1 heterocycles. The van der Waals surface area contributed by atoms with Gasteiger partial charge < -0.3 is 24.6 Å². The third kappa shape index (κ3) is 8.10. The van der Waals surface area contributed by atoms with Crippen LogP contribution in [0.1, 0.15) is 25.0 Å². The molecule has 0 unspecified atom stereocenters. The van der Waals surface area contributed by atoms with Crippen LogP contribution in [-0.2, 0) is 22.6 Å². The molecule has 0 spiro atoms. The molecule has 0 aromatic heterocycles.